The topological polar surface area (TPSA) is 118 Å². The molecule has 1 heterocycles. The van der Waals surface area contributed by atoms with Crippen LogP contribution in [-0.4, -0.2) is 26.8 Å². The summed E-state index contributed by atoms with van der Waals surface area (Å²) in [6, 6.07) is 9.90. The molecule has 3 aromatic rings. The van der Waals surface area contributed by atoms with Crippen LogP contribution in [0.15, 0.2) is 64.6 Å². The summed E-state index contributed by atoms with van der Waals surface area (Å²) in [6.07, 6.45) is 2.81. The Bertz CT molecular complexity index is 1250. The Morgan fingerprint density at radius 1 is 0.828 bits per heavy atom. The largest absolute Gasteiger partial charge is 0.280 e. The number of aryl methyl sites for hydroxylation is 2. The first-order valence-electron chi connectivity index (χ1n) is 8.28. The highest BCUT2D eigenvalue weighted by molar-refractivity contribution is 7.93. The van der Waals surface area contributed by atoms with Gasteiger partial charge in [-0.3, -0.25) is 4.72 Å². The molecular weight excluding hydrogens is 436 g/mol. The molecule has 11 heteroatoms. The number of rotatable bonds is 6. The van der Waals surface area contributed by atoms with Gasteiger partial charge in [-0.25, -0.2) is 31.5 Å². The van der Waals surface area contributed by atoms with E-state index in [0.717, 1.165) is 0 Å². The van der Waals surface area contributed by atoms with E-state index in [0.29, 0.717) is 16.1 Å². The number of nitrogens with zero attached hydrogens (tertiary/aromatic N) is 2. The van der Waals surface area contributed by atoms with E-state index >= 15 is 0 Å². The predicted octanol–water partition coefficient (Wildman–Crippen LogP) is 3.35. The monoisotopic (exact) mass is 452 g/mol. The smallest absolute Gasteiger partial charge is 0.264 e. The van der Waals surface area contributed by atoms with Crippen LogP contribution in [0.2, 0.25) is 5.02 Å². The first-order chi connectivity index (χ1) is 13.6. The molecule has 0 aliphatic carbocycles. The summed E-state index contributed by atoms with van der Waals surface area (Å²) in [4.78, 5) is 7.65. The van der Waals surface area contributed by atoms with E-state index in [9.17, 15) is 16.8 Å². The van der Waals surface area contributed by atoms with Crippen molar-refractivity contribution in [2.45, 2.75) is 23.6 Å². The van der Waals surface area contributed by atoms with Gasteiger partial charge in [-0.2, -0.15) is 0 Å². The summed E-state index contributed by atoms with van der Waals surface area (Å²) in [5, 5.41) is 0.478. The van der Waals surface area contributed by atoms with E-state index in [1.54, 1.807) is 26.0 Å². The molecular formula is C18H17ClN4O4S2. The number of halogens is 1. The normalized spacial score (nSPS) is 11.8. The Labute approximate surface area is 174 Å². The number of benzene rings is 2. The fourth-order valence-electron chi connectivity index (χ4n) is 2.49. The first-order valence-corrected chi connectivity index (χ1v) is 11.6. The minimum Gasteiger partial charge on any atom is -0.280 e. The van der Waals surface area contributed by atoms with Crippen LogP contribution in [0, 0.1) is 13.8 Å². The molecule has 2 N–H and O–H groups in total. The maximum atomic E-state index is 12.7. The van der Waals surface area contributed by atoms with Crippen molar-refractivity contribution < 1.29 is 16.8 Å². The van der Waals surface area contributed by atoms with Gasteiger partial charge in [0.2, 0.25) is 5.95 Å². The second-order valence-electron chi connectivity index (χ2n) is 6.17. The zero-order chi connectivity index (χ0) is 21.2. The number of hydrogen-bond donors (Lipinski definition) is 2. The summed E-state index contributed by atoms with van der Waals surface area (Å²) in [7, 11) is -7.78. The molecule has 152 valence electrons. The van der Waals surface area contributed by atoms with Crippen LogP contribution >= 0.6 is 11.6 Å². The van der Waals surface area contributed by atoms with Crippen molar-refractivity contribution in [3.05, 3.63) is 71.0 Å². The van der Waals surface area contributed by atoms with Crippen molar-refractivity contribution >= 4 is 43.3 Å². The standard InChI is InChI=1S/C18H17ClN4O4S2/c1-12-11-17(13(2)10-16(12)19)29(26,27)22-14-4-6-15(7-5-14)28(24,25)23-18-20-8-3-9-21-18/h3-11,22H,1-2H3,(H,20,21,23). The van der Waals surface area contributed by atoms with Crippen molar-refractivity contribution in [1.29, 1.82) is 0 Å². The third-order valence-corrected chi connectivity index (χ3v) is 7.23. The Morgan fingerprint density at radius 3 is 2.07 bits per heavy atom. The second kappa shape index (κ2) is 7.97. The van der Waals surface area contributed by atoms with E-state index in [4.69, 9.17) is 11.6 Å². The Morgan fingerprint density at radius 2 is 1.45 bits per heavy atom. The van der Waals surface area contributed by atoms with E-state index in [-0.39, 0.29) is 21.4 Å². The molecule has 0 radical (unpaired) electrons. The fraction of sp³-hybridized carbons (Fsp3) is 0.111. The summed E-state index contributed by atoms with van der Waals surface area (Å²) < 4.78 is 54.9. The van der Waals surface area contributed by atoms with Gasteiger partial charge in [0.05, 0.1) is 9.79 Å². The fourth-order valence-corrected chi connectivity index (χ4v) is 5.03. The van der Waals surface area contributed by atoms with E-state index in [1.807, 2.05) is 0 Å². The zero-order valence-corrected chi connectivity index (χ0v) is 17.8. The maximum Gasteiger partial charge on any atom is 0.264 e. The molecule has 0 atom stereocenters. The SMILES string of the molecule is Cc1cc(S(=O)(=O)Nc2ccc(S(=O)(=O)Nc3ncccn3)cc2)c(C)cc1Cl. The molecule has 0 amide bonds. The Balaban J connectivity index is 1.83. The summed E-state index contributed by atoms with van der Waals surface area (Å²) in [5.41, 5.74) is 1.35. The van der Waals surface area contributed by atoms with Gasteiger partial charge in [0.1, 0.15) is 0 Å². The van der Waals surface area contributed by atoms with Gasteiger partial charge in [0.15, 0.2) is 0 Å². The highest BCUT2D eigenvalue weighted by atomic mass is 35.5. The van der Waals surface area contributed by atoms with Gasteiger partial charge >= 0.3 is 0 Å². The van der Waals surface area contributed by atoms with Crippen LogP contribution in [0.5, 0.6) is 0 Å². The van der Waals surface area contributed by atoms with Gasteiger partial charge in [0, 0.05) is 23.1 Å². The van der Waals surface area contributed by atoms with Crippen molar-refractivity contribution in [3.8, 4) is 0 Å². The molecule has 0 aliphatic rings. The number of anilines is 2. The van der Waals surface area contributed by atoms with Crippen LogP contribution < -0.4 is 9.44 Å². The third kappa shape index (κ3) is 4.84. The van der Waals surface area contributed by atoms with Gasteiger partial charge < -0.3 is 0 Å². The van der Waals surface area contributed by atoms with Crippen LogP contribution in [-0.2, 0) is 20.0 Å². The van der Waals surface area contributed by atoms with Crippen LogP contribution in [0.25, 0.3) is 0 Å². The number of aromatic nitrogens is 2. The lowest BCUT2D eigenvalue weighted by Crippen LogP contribution is -2.16. The minimum absolute atomic E-state index is 0.0635. The second-order valence-corrected chi connectivity index (χ2v) is 9.92. The highest BCUT2D eigenvalue weighted by Crippen LogP contribution is 2.26. The molecule has 0 fully saturated rings. The Kier molecular flexibility index (Phi) is 5.78. The quantitative estimate of drug-likeness (QED) is 0.592. The van der Waals surface area contributed by atoms with Gasteiger partial charge in [-0.05, 0) is 67.4 Å². The number of sulfonamides is 2. The zero-order valence-electron chi connectivity index (χ0n) is 15.4. The molecule has 0 aliphatic heterocycles. The molecule has 0 saturated heterocycles. The van der Waals surface area contributed by atoms with Crippen molar-refractivity contribution in [2.24, 2.45) is 0 Å². The van der Waals surface area contributed by atoms with E-state index in [2.05, 4.69) is 19.4 Å². The van der Waals surface area contributed by atoms with E-state index < -0.39 is 20.0 Å². The van der Waals surface area contributed by atoms with Gasteiger partial charge in [-0.1, -0.05) is 11.6 Å². The van der Waals surface area contributed by atoms with Gasteiger partial charge in [-0.15, -0.1) is 0 Å². The molecule has 0 saturated carbocycles. The minimum atomic E-state index is -3.91. The van der Waals surface area contributed by atoms with E-state index in [1.165, 1.54) is 42.7 Å². The van der Waals surface area contributed by atoms with Crippen molar-refractivity contribution in [2.75, 3.05) is 9.44 Å². The third-order valence-electron chi connectivity index (χ3n) is 3.95. The summed E-state index contributed by atoms with van der Waals surface area (Å²) in [5.74, 6) is -0.0640. The average Bonchev–Trinajstić information content (AvgIpc) is 2.65. The molecule has 3 rings (SSSR count). The number of nitrogens with one attached hydrogen (secondary N) is 2. The molecule has 0 bridgehead atoms. The van der Waals surface area contributed by atoms with Crippen LogP contribution in [0.1, 0.15) is 11.1 Å². The number of hydrogen-bond acceptors (Lipinski definition) is 6. The molecule has 29 heavy (non-hydrogen) atoms. The maximum absolute atomic E-state index is 12.7. The summed E-state index contributed by atoms with van der Waals surface area (Å²) in [6.45, 7) is 3.36. The highest BCUT2D eigenvalue weighted by Gasteiger charge is 2.20. The summed E-state index contributed by atoms with van der Waals surface area (Å²) >= 11 is 6.03. The molecule has 0 unspecified atom stereocenters. The molecule has 1 aromatic heterocycles. The lowest BCUT2D eigenvalue weighted by atomic mass is 10.2. The van der Waals surface area contributed by atoms with Gasteiger partial charge in [0.25, 0.3) is 20.0 Å². The molecule has 2 aromatic carbocycles. The lowest BCUT2D eigenvalue weighted by molar-refractivity contribution is 0.599. The molecule has 0 spiro atoms. The van der Waals surface area contributed by atoms with Crippen molar-refractivity contribution in [3.63, 3.8) is 0 Å². The van der Waals surface area contributed by atoms with Crippen molar-refractivity contribution in [1.82, 2.24) is 9.97 Å². The average molecular weight is 453 g/mol. The molecule has 8 nitrogen and oxygen atoms in total. The van der Waals surface area contributed by atoms with Crippen LogP contribution in [0.4, 0.5) is 11.6 Å². The first kappa shape index (κ1) is 21.0. The van der Waals surface area contributed by atoms with Crippen LogP contribution in [0.3, 0.4) is 0 Å². The lowest BCUT2D eigenvalue weighted by Gasteiger charge is -2.12. The predicted molar refractivity (Wildman–Crippen MR) is 111 cm³/mol. The Hall–Kier alpha value is -2.69.